The van der Waals surface area contributed by atoms with Gasteiger partial charge in [-0.1, -0.05) is 49.4 Å². The number of aliphatic hydroxyl groups is 1. The molecular weight excluding hydrogens is 372 g/mol. The number of carbonyl (C=O) groups excluding carboxylic acids is 1. The summed E-state index contributed by atoms with van der Waals surface area (Å²) in [6.45, 7) is 3.50. The second kappa shape index (κ2) is 11.0. The number of carboxylic acids is 1. The zero-order chi connectivity index (χ0) is 20.5. The highest BCUT2D eigenvalue weighted by Crippen LogP contribution is 2.35. The molecule has 150 valence electrons. The molecule has 3 atom stereocenters. The van der Waals surface area contributed by atoms with Gasteiger partial charge in [-0.25, -0.2) is 0 Å². The molecule has 2 N–H and O–H groups in total. The molecule has 0 spiro atoms. The second-order valence-electron chi connectivity index (χ2n) is 7.21. The van der Waals surface area contributed by atoms with Gasteiger partial charge in [-0.3, -0.25) is 9.59 Å². The lowest BCUT2D eigenvalue weighted by Crippen LogP contribution is -2.13. The van der Waals surface area contributed by atoms with Gasteiger partial charge in [0, 0.05) is 16.6 Å². The van der Waals surface area contributed by atoms with E-state index in [1.807, 2.05) is 36.4 Å². The number of hydrogen-bond acceptors (Lipinski definition) is 4. The molecule has 0 aliphatic carbocycles. The van der Waals surface area contributed by atoms with Crippen molar-refractivity contribution in [3.8, 4) is 0 Å². The molecule has 0 heterocycles. The van der Waals surface area contributed by atoms with Crippen molar-refractivity contribution >= 4 is 24.0 Å². The van der Waals surface area contributed by atoms with Crippen LogP contribution in [0.25, 0.3) is 0 Å². The van der Waals surface area contributed by atoms with Gasteiger partial charge in [-0.15, -0.1) is 0 Å². The average molecular weight is 401 g/mol. The molecule has 0 saturated heterocycles. The van der Waals surface area contributed by atoms with E-state index in [9.17, 15) is 19.8 Å². The highest BCUT2D eigenvalue weighted by Gasteiger charge is 2.18. The van der Waals surface area contributed by atoms with Crippen molar-refractivity contribution in [1.82, 2.24) is 0 Å². The summed E-state index contributed by atoms with van der Waals surface area (Å²) in [4.78, 5) is 22.3. The molecular formula is C23H28O4S. The molecule has 0 radical (unpaired) electrons. The quantitative estimate of drug-likeness (QED) is 0.541. The van der Waals surface area contributed by atoms with Crippen LogP contribution < -0.4 is 0 Å². The van der Waals surface area contributed by atoms with E-state index in [0.29, 0.717) is 17.7 Å². The Kier molecular flexibility index (Phi) is 8.74. The number of aliphatic carboxylic acids is 1. The molecule has 0 amide bonds. The Bertz CT molecular complexity index is 788. The van der Waals surface area contributed by atoms with E-state index < -0.39 is 18.0 Å². The monoisotopic (exact) mass is 400 g/mol. The van der Waals surface area contributed by atoms with Crippen LogP contribution in [-0.4, -0.2) is 34.3 Å². The molecule has 0 saturated carbocycles. The Morgan fingerprint density at radius 3 is 2.46 bits per heavy atom. The molecule has 0 fully saturated rings. The fourth-order valence-corrected chi connectivity index (χ4v) is 4.40. The van der Waals surface area contributed by atoms with E-state index in [0.717, 1.165) is 30.3 Å². The normalized spacial score (nSPS) is 14.2. The van der Waals surface area contributed by atoms with Crippen LogP contribution in [0.5, 0.6) is 0 Å². The van der Waals surface area contributed by atoms with Gasteiger partial charge >= 0.3 is 5.97 Å². The smallest absolute Gasteiger partial charge is 0.307 e. The molecule has 0 aromatic heterocycles. The van der Waals surface area contributed by atoms with Crippen molar-refractivity contribution in [2.24, 2.45) is 5.92 Å². The fourth-order valence-electron chi connectivity index (χ4n) is 3.12. The van der Waals surface area contributed by atoms with E-state index in [2.05, 4.69) is 6.07 Å². The number of benzene rings is 2. The Hall–Kier alpha value is -2.11. The summed E-state index contributed by atoms with van der Waals surface area (Å²) in [6, 6.07) is 15.6. The lowest BCUT2D eigenvalue weighted by Gasteiger charge is -2.20. The molecule has 5 heteroatoms. The van der Waals surface area contributed by atoms with Crippen molar-refractivity contribution in [3.05, 3.63) is 70.8 Å². The van der Waals surface area contributed by atoms with Crippen molar-refractivity contribution in [2.75, 3.05) is 5.75 Å². The Balaban J connectivity index is 2.17. The van der Waals surface area contributed by atoms with Crippen LogP contribution in [0, 0.1) is 5.92 Å². The van der Waals surface area contributed by atoms with Crippen LogP contribution in [0.3, 0.4) is 0 Å². The molecule has 2 rings (SSSR count). The zero-order valence-corrected chi connectivity index (χ0v) is 17.2. The maximum Gasteiger partial charge on any atom is 0.307 e. The first-order chi connectivity index (χ1) is 13.4. The summed E-state index contributed by atoms with van der Waals surface area (Å²) in [5.41, 5.74) is 4.01. The first-order valence-electron chi connectivity index (χ1n) is 9.55. The highest BCUT2D eigenvalue weighted by molar-refractivity contribution is 7.99. The standard InChI is InChI=1S/C23H28O4S/c1-16(23(26)27)15-28-22(21-9-5-6-18(13-21)14-24)11-10-19-7-3-4-8-20(19)12-17(2)25/h3-9,13-14,16-17,22,25H,10-12,15H2,1-2H3,(H,26,27). The Morgan fingerprint density at radius 2 is 1.82 bits per heavy atom. The number of carboxylic acid groups (broad SMARTS) is 1. The molecule has 0 aliphatic heterocycles. The minimum atomic E-state index is -0.796. The van der Waals surface area contributed by atoms with Gasteiger partial charge in [0.1, 0.15) is 6.29 Å². The van der Waals surface area contributed by atoms with Crippen LogP contribution in [0.2, 0.25) is 0 Å². The number of aryl methyl sites for hydroxylation is 1. The summed E-state index contributed by atoms with van der Waals surface area (Å²) in [7, 11) is 0. The van der Waals surface area contributed by atoms with Crippen molar-refractivity contribution in [3.63, 3.8) is 0 Å². The maximum absolute atomic E-state index is 11.2. The molecule has 4 nitrogen and oxygen atoms in total. The molecule has 2 aromatic rings. The lowest BCUT2D eigenvalue weighted by atomic mass is 9.96. The summed E-state index contributed by atoms with van der Waals surface area (Å²) in [6.07, 6.45) is 2.71. The van der Waals surface area contributed by atoms with E-state index in [4.69, 9.17) is 0 Å². The van der Waals surface area contributed by atoms with Crippen LogP contribution in [-0.2, 0) is 17.6 Å². The van der Waals surface area contributed by atoms with Crippen LogP contribution in [0.15, 0.2) is 48.5 Å². The predicted molar refractivity (Wildman–Crippen MR) is 114 cm³/mol. The molecule has 0 bridgehead atoms. The van der Waals surface area contributed by atoms with Crippen molar-refractivity contribution < 1.29 is 19.8 Å². The van der Waals surface area contributed by atoms with Crippen molar-refractivity contribution in [2.45, 2.75) is 44.5 Å². The molecule has 2 aromatic carbocycles. The third-order valence-electron chi connectivity index (χ3n) is 4.70. The summed E-state index contributed by atoms with van der Waals surface area (Å²) >= 11 is 1.62. The SMILES string of the molecule is CC(O)Cc1ccccc1CCC(SCC(C)C(=O)O)c1cccc(C=O)c1. The fraction of sp³-hybridized carbons (Fsp3) is 0.391. The van der Waals surface area contributed by atoms with Gasteiger partial charge in [0.25, 0.3) is 0 Å². The summed E-state index contributed by atoms with van der Waals surface area (Å²) in [5, 5.41) is 19.0. The maximum atomic E-state index is 11.2. The lowest BCUT2D eigenvalue weighted by molar-refractivity contribution is -0.140. The topological polar surface area (TPSA) is 74.6 Å². The number of hydrogen-bond donors (Lipinski definition) is 2. The molecule has 3 unspecified atom stereocenters. The molecule has 28 heavy (non-hydrogen) atoms. The van der Waals surface area contributed by atoms with E-state index in [1.54, 1.807) is 31.7 Å². The third-order valence-corrected chi connectivity index (χ3v) is 6.30. The van der Waals surface area contributed by atoms with Gasteiger partial charge < -0.3 is 10.2 Å². The van der Waals surface area contributed by atoms with Gasteiger partial charge in [0.05, 0.1) is 12.0 Å². The largest absolute Gasteiger partial charge is 0.481 e. The number of aliphatic hydroxyl groups excluding tert-OH is 1. The van der Waals surface area contributed by atoms with E-state index in [-0.39, 0.29) is 5.25 Å². The third kappa shape index (κ3) is 6.80. The van der Waals surface area contributed by atoms with Crippen molar-refractivity contribution in [1.29, 1.82) is 0 Å². The van der Waals surface area contributed by atoms with Crippen LogP contribution >= 0.6 is 11.8 Å². The number of rotatable bonds is 11. The number of aldehydes is 1. The van der Waals surface area contributed by atoms with E-state index >= 15 is 0 Å². The minimum Gasteiger partial charge on any atom is -0.481 e. The van der Waals surface area contributed by atoms with E-state index in [1.165, 1.54) is 5.56 Å². The van der Waals surface area contributed by atoms with Gasteiger partial charge in [0.15, 0.2) is 0 Å². The van der Waals surface area contributed by atoms with Gasteiger partial charge in [-0.05, 0) is 48.9 Å². The first kappa shape index (κ1) is 22.2. The minimum absolute atomic E-state index is 0.0984. The molecule has 0 aliphatic rings. The number of carbonyl (C=O) groups is 2. The Morgan fingerprint density at radius 1 is 1.11 bits per heavy atom. The average Bonchev–Trinajstić information content (AvgIpc) is 2.68. The Labute approximate surface area is 171 Å². The summed E-state index contributed by atoms with van der Waals surface area (Å²) < 4.78 is 0. The van der Waals surface area contributed by atoms with Gasteiger partial charge in [-0.2, -0.15) is 11.8 Å². The van der Waals surface area contributed by atoms with Crippen LogP contribution in [0.4, 0.5) is 0 Å². The highest BCUT2D eigenvalue weighted by atomic mass is 32.2. The zero-order valence-electron chi connectivity index (χ0n) is 16.4. The summed E-state index contributed by atoms with van der Waals surface area (Å²) in [5.74, 6) is -0.708. The number of thioether (sulfide) groups is 1. The first-order valence-corrected chi connectivity index (χ1v) is 10.6. The second-order valence-corrected chi connectivity index (χ2v) is 8.45. The van der Waals surface area contributed by atoms with Crippen LogP contribution in [0.1, 0.15) is 52.6 Å². The predicted octanol–water partition coefficient (Wildman–Crippen LogP) is 4.55. The van der Waals surface area contributed by atoms with Gasteiger partial charge in [0.2, 0.25) is 0 Å².